The number of thiophene rings is 1. The van der Waals surface area contributed by atoms with E-state index in [4.69, 9.17) is 0 Å². The van der Waals surface area contributed by atoms with Crippen LogP contribution < -0.4 is 10.2 Å². The first-order valence-electron chi connectivity index (χ1n) is 7.49. The first kappa shape index (κ1) is 14.8. The van der Waals surface area contributed by atoms with Crippen LogP contribution in [-0.4, -0.2) is 31.5 Å². The second kappa shape index (κ2) is 6.32. The molecule has 0 atom stereocenters. The summed E-state index contributed by atoms with van der Waals surface area (Å²) in [6, 6.07) is 1.97. The normalized spacial score (nSPS) is 16.3. The van der Waals surface area contributed by atoms with Crippen molar-refractivity contribution in [1.82, 2.24) is 10.3 Å². The van der Waals surface area contributed by atoms with E-state index in [1.54, 1.807) is 11.3 Å². The Morgan fingerprint density at radius 2 is 2.10 bits per heavy atom. The Labute approximate surface area is 133 Å². The van der Waals surface area contributed by atoms with Crippen molar-refractivity contribution in [2.75, 3.05) is 25.5 Å². The molecule has 2 heterocycles. The van der Waals surface area contributed by atoms with Crippen LogP contribution in [0.2, 0.25) is 0 Å². The molecule has 0 bridgehead atoms. The van der Waals surface area contributed by atoms with Crippen LogP contribution in [0.15, 0.2) is 6.07 Å². The number of nitrogens with zero attached hydrogens (tertiary/aromatic N) is 2. The number of anilines is 1. The van der Waals surface area contributed by atoms with Crippen molar-refractivity contribution >= 4 is 43.2 Å². The number of hydrogen-bond acceptors (Lipinski definition) is 5. The molecule has 114 valence electrons. The maximum Gasteiger partial charge on any atom is 0.261 e. The number of rotatable bonds is 4. The second-order valence-corrected chi connectivity index (χ2v) is 7.92. The fourth-order valence-corrected chi connectivity index (χ4v) is 4.79. The van der Waals surface area contributed by atoms with Crippen LogP contribution in [-0.2, 0) is 0 Å². The topological polar surface area (TPSA) is 45.2 Å². The van der Waals surface area contributed by atoms with Crippen molar-refractivity contribution in [3.05, 3.63) is 10.9 Å². The number of carbonyl (C=O) groups excluding carboxylic acids is 1. The number of aromatic nitrogens is 1. The summed E-state index contributed by atoms with van der Waals surface area (Å²) in [6.07, 6.45) is 6.49. The average Bonchev–Trinajstić information content (AvgIpc) is 3.04. The molecule has 1 fully saturated rings. The van der Waals surface area contributed by atoms with Crippen LogP contribution in [0, 0.1) is 5.92 Å². The lowest BCUT2D eigenvalue weighted by Gasteiger charge is -2.21. The third-order valence-corrected chi connectivity index (χ3v) is 6.29. The Bertz CT molecular complexity index is 594. The van der Waals surface area contributed by atoms with Gasteiger partial charge in [0.2, 0.25) is 0 Å². The van der Waals surface area contributed by atoms with E-state index in [-0.39, 0.29) is 5.91 Å². The van der Waals surface area contributed by atoms with E-state index in [0.717, 1.165) is 26.1 Å². The third kappa shape index (κ3) is 3.37. The van der Waals surface area contributed by atoms with Gasteiger partial charge in [0.25, 0.3) is 5.91 Å². The summed E-state index contributed by atoms with van der Waals surface area (Å²) in [5, 5.41) is 4.09. The standard InChI is InChI=1S/C15H21N3OS2/c1-18(2)15-17-14-12(21-15)8-11(20-14)13(19)16-9-10-6-4-3-5-7-10/h8,10H,3-7,9H2,1-2H3,(H,16,19). The van der Waals surface area contributed by atoms with E-state index in [1.807, 2.05) is 25.1 Å². The highest BCUT2D eigenvalue weighted by Crippen LogP contribution is 2.33. The van der Waals surface area contributed by atoms with E-state index >= 15 is 0 Å². The van der Waals surface area contributed by atoms with Crippen molar-refractivity contribution in [1.29, 1.82) is 0 Å². The lowest BCUT2D eigenvalue weighted by Crippen LogP contribution is -2.29. The molecule has 1 aliphatic carbocycles. The van der Waals surface area contributed by atoms with Crippen molar-refractivity contribution < 1.29 is 4.79 Å². The zero-order chi connectivity index (χ0) is 14.8. The van der Waals surface area contributed by atoms with Gasteiger partial charge in [-0.25, -0.2) is 4.98 Å². The smallest absolute Gasteiger partial charge is 0.261 e. The fraction of sp³-hybridized carbons (Fsp3) is 0.600. The molecule has 4 nitrogen and oxygen atoms in total. The first-order chi connectivity index (χ1) is 10.1. The Balaban J connectivity index is 1.62. The van der Waals surface area contributed by atoms with Crippen LogP contribution in [0.1, 0.15) is 41.8 Å². The van der Waals surface area contributed by atoms with Gasteiger partial charge in [0.1, 0.15) is 4.83 Å². The Hall–Kier alpha value is -1.14. The van der Waals surface area contributed by atoms with Gasteiger partial charge in [0.15, 0.2) is 5.13 Å². The third-order valence-electron chi connectivity index (χ3n) is 3.96. The van der Waals surface area contributed by atoms with E-state index in [1.165, 1.54) is 43.4 Å². The van der Waals surface area contributed by atoms with Gasteiger partial charge in [-0.05, 0) is 24.8 Å². The summed E-state index contributed by atoms with van der Waals surface area (Å²) in [4.78, 5) is 20.5. The number of hydrogen-bond donors (Lipinski definition) is 1. The summed E-state index contributed by atoms with van der Waals surface area (Å²) in [5.41, 5.74) is 0. The van der Waals surface area contributed by atoms with Gasteiger partial charge in [-0.15, -0.1) is 11.3 Å². The van der Waals surface area contributed by atoms with Gasteiger partial charge < -0.3 is 10.2 Å². The predicted octanol–water partition coefficient (Wildman–Crippen LogP) is 3.73. The van der Waals surface area contributed by atoms with E-state index in [0.29, 0.717) is 5.92 Å². The average molecular weight is 323 g/mol. The molecule has 1 N–H and O–H groups in total. The van der Waals surface area contributed by atoms with Crippen molar-refractivity contribution in [2.24, 2.45) is 5.92 Å². The maximum atomic E-state index is 12.2. The van der Waals surface area contributed by atoms with Gasteiger partial charge in [-0.2, -0.15) is 0 Å². The number of amides is 1. The molecule has 0 aromatic carbocycles. The molecule has 2 aromatic rings. The largest absolute Gasteiger partial charge is 0.354 e. The fourth-order valence-electron chi connectivity index (χ4n) is 2.74. The number of thiazole rings is 1. The molecule has 3 rings (SSSR count). The van der Waals surface area contributed by atoms with E-state index in [2.05, 4.69) is 10.3 Å². The number of nitrogens with one attached hydrogen (secondary N) is 1. The van der Waals surface area contributed by atoms with Crippen LogP contribution in [0.25, 0.3) is 9.53 Å². The molecule has 2 aromatic heterocycles. The van der Waals surface area contributed by atoms with Crippen LogP contribution >= 0.6 is 22.7 Å². The predicted molar refractivity (Wildman–Crippen MR) is 90.7 cm³/mol. The molecule has 1 aliphatic rings. The van der Waals surface area contributed by atoms with Gasteiger partial charge in [-0.1, -0.05) is 30.6 Å². The van der Waals surface area contributed by atoms with E-state index in [9.17, 15) is 4.79 Å². The monoisotopic (exact) mass is 323 g/mol. The Morgan fingerprint density at radius 3 is 2.76 bits per heavy atom. The maximum absolute atomic E-state index is 12.2. The number of fused-ring (bicyclic) bond motifs is 1. The molecule has 0 spiro atoms. The molecule has 21 heavy (non-hydrogen) atoms. The molecule has 0 radical (unpaired) electrons. The highest BCUT2D eigenvalue weighted by atomic mass is 32.1. The zero-order valence-corrected chi connectivity index (χ0v) is 14.1. The van der Waals surface area contributed by atoms with Crippen molar-refractivity contribution in [2.45, 2.75) is 32.1 Å². The minimum Gasteiger partial charge on any atom is -0.354 e. The van der Waals surface area contributed by atoms with Gasteiger partial charge in [-0.3, -0.25) is 4.79 Å². The molecule has 1 amide bonds. The highest BCUT2D eigenvalue weighted by molar-refractivity contribution is 7.29. The molecular weight excluding hydrogens is 302 g/mol. The SMILES string of the molecule is CN(C)c1nc2sc(C(=O)NCC3CCCCC3)cc2s1. The Kier molecular flexibility index (Phi) is 4.45. The van der Waals surface area contributed by atoms with Crippen molar-refractivity contribution in [3.8, 4) is 0 Å². The Morgan fingerprint density at radius 1 is 1.33 bits per heavy atom. The van der Waals surface area contributed by atoms with Gasteiger partial charge in [0, 0.05) is 20.6 Å². The second-order valence-electron chi connectivity index (χ2n) is 5.88. The highest BCUT2D eigenvalue weighted by Gasteiger charge is 2.17. The molecule has 6 heteroatoms. The van der Waals surface area contributed by atoms with Gasteiger partial charge in [0.05, 0.1) is 9.58 Å². The molecule has 0 unspecified atom stereocenters. The summed E-state index contributed by atoms with van der Waals surface area (Å²) >= 11 is 3.13. The zero-order valence-electron chi connectivity index (χ0n) is 12.5. The quantitative estimate of drug-likeness (QED) is 0.932. The number of carbonyl (C=O) groups is 1. The minimum absolute atomic E-state index is 0.0576. The first-order valence-corrected chi connectivity index (χ1v) is 9.12. The van der Waals surface area contributed by atoms with Crippen molar-refractivity contribution in [3.63, 3.8) is 0 Å². The molecule has 0 aliphatic heterocycles. The summed E-state index contributed by atoms with van der Waals surface area (Å²) in [7, 11) is 3.97. The summed E-state index contributed by atoms with van der Waals surface area (Å²) < 4.78 is 1.10. The lowest BCUT2D eigenvalue weighted by atomic mass is 9.89. The summed E-state index contributed by atoms with van der Waals surface area (Å²) in [6.45, 7) is 0.820. The minimum atomic E-state index is 0.0576. The van der Waals surface area contributed by atoms with Crippen LogP contribution in [0.3, 0.4) is 0 Å². The molecule has 0 saturated heterocycles. The van der Waals surface area contributed by atoms with Crippen LogP contribution in [0.5, 0.6) is 0 Å². The summed E-state index contributed by atoms with van der Waals surface area (Å²) in [5.74, 6) is 0.726. The molecular formula is C15H21N3OS2. The van der Waals surface area contributed by atoms with Gasteiger partial charge >= 0.3 is 0 Å². The van der Waals surface area contributed by atoms with Crippen LogP contribution in [0.4, 0.5) is 5.13 Å². The lowest BCUT2D eigenvalue weighted by molar-refractivity contribution is 0.0947. The van der Waals surface area contributed by atoms with E-state index < -0.39 is 0 Å². The molecule has 1 saturated carbocycles.